The molecule has 3 aromatic carbocycles. The van der Waals surface area contributed by atoms with E-state index in [1.165, 1.54) is 17.0 Å². The van der Waals surface area contributed by atoms with Crippen LogP contribution in [0.3, 0.4) is 0 Å². The van der Waals surface area contributed by atoms with Crippen molar-refractivity contribution in [2.24, 2.45) is 0 Å². The number of carbonyl (C=O) groups is 2. The Labute approximate surface area is 252 Å². The SMILES string of the molecule is CCOc1ccc(N(CC(=O)N(Cc2ccc(Cl)cc2Cl)[C@H](C)C(=O)N[C@@H](C)CC)S(=O)(=O)c2ccccc2)cc1. The molecule has 41 heavy (non-hydrogen) atoms. The number of nitrogens with one attached hydrogen (secondary N) is 1. The molecule has 0 aliphatic rings. The molecule has 0 spiro atoms. The number of nitrogens with zero attached hydrogens (tertiary/aromatic N) is 2. The summed E-state index contributed by atoms with van der Waals surface area (Å²) in [6.07, 6.45) is 0.705. The highest BCUT2D eigenvalue weighted by Gasteiger charge is 2.33. The summed E-state index contributed by atoms with van der Waals surface area (Å²) in [4.78, 5) is 28.5. The molecule has 0 aliphatic heterocycles. The maximum atomic E-state index is 14.0. The van der Waals surface area contributed by atoms with Gasteiger partial charge in [0.15, 0.2) is 0 Å². The average Bonchev–Trinajstić information content (AvgIpc) is 2.96. The zero-order valence-corrected chi connectivity index (χ0v) is 25.8. The molecule has 11 heteroatoms. The van der Waals surface area contributed by atoms with Crippen LogP contribution in [0.25, 0.3) is 0 Å². The van der Waals surface area contributed by atoms with Gasteiger partial charge in [-0.2, -0.15) is 0 Å². The monoisotopic (exact) mass is 619 g/mol. The molecular formula is C30H35Cl2N3O5S. The summed E-state index contributed by atoms with van der Waals surface area (Å²) in [6, 6.07) is 18.1. The number of anilines is 1. The van der Waals surface area contributed by atoms with Gasteiger partial charge in [-0.1, -0.05) is 54.4 Å². The van der Waals surface area contributed by atoms with E-state index in [1.807, 2.05) is 20.8 Å². The number of sulfonamides is 1. The molecule has 0 saturated carbocycles. The fourth-order valence-corrected chi connectivity index (χ4v) is 5.91. The van der Waals surface area contributed by atoms with Gasteiger partial charge in [0.05, 0.1) is 17.2 Å². The van der Waals surface area contributed by atoms with Gasteiger partial charge in [-0.25, -0.2) is 8.42 Å². The molecular weight excluding hydrogens is 585 g/mol. The first-order chi connectivity index (χ1) is 19.5. The number of rotatable bonds is 13. The number of carbonyl (C=O) groups excluding carboxylic acids is 2. The van der Waals surface area contributed by atoms with Crippen LogP contribution >= 0.6 is 23.2 Å². The van der Waals surface area contributed by atoms with Crippen molar-refractivity contribution in [3.63, 3.8) is 0 Å². The number of amides is 2. The van der Waals surface area contributed by atoms with Crippen molar-refractivity contribution in [3.8, 4) is 5.75 Å². The van der Waals surface area contributed by atoms with Crippen molar-refractivity contribution in [1.29, 1.82) is 0 Å². The van der Waals surface area contributed by atoms with E-state index in [-0.39, 0.29) is 29.1 Å². The van der Waals surface area contributed by atoms with E-state index < -0.39 is 28.5 Å². The quantitative estimate of drug-likeness (QED) is 0.256. The third-order valence-electron chi connectivity index (χ3n) is 6.57. The van der Waals surface area contributed by atoms with E-state index in [9.17, 15) is 18.0 Å². The summed E-state index contributed by atoms with van der Waals surface area (Å²) in [6.45, 7) is 7.11. The van der Waals surface area contributed by atoms with Gasteiger partial charge in [-0.3, -0.25) is 13.9 Å². The number of hydrogen-bond acceptors (Lipinski definition) is 5. The topological polar surface area (TPSA) is 96.0 Å². The van der Waals surface area contributed by atoms with Crippen LogP contribution in [0.4, 0.5) is 5.69 Å². The molecule has 0 heterocycles. The smallest absolute Gasteiger partial charge is 0.264 e. The van der Waals surface area contributed by atoms with Gasteiger partial charge in [-0.05, 0) is 81.3 Å². The second-order valence-electron chi connectivity index (χ2n) is 9.50. The van der Waals surface area contributed by atoms with Gasteiger partial charge in [0.2, 0.25) is 11.8 Å². The Bertz CT molecular complexity index is 1440. The first-order valence-corrected chi connectivity index (χ1v) is 15.5. The normalized spacial score (nSPS) is 12.7. The predicted octanol–water partition coefficient (Wildman–Crippen LogP) is 5.92. The first kappa shape index (κ1) is 32.2. The summed E-state index contributed by atoms with van der Waals surface area (Å²) < 4.78 is 34.2. The molecule has 3 rings (SSSR count). The molecule has 0 aliphatic carbocycles. The van der Waals surface area contributed by atoms with Crippen molar-refractivity contribution < 1.29 is 22.7 Å². The highest BCUT2D eigenvalue weighted by molar-refractivity contribution is 7.92. The van der Waals surface area contributed by atoms with Crippen LogP contribution in [0, 0.1) is 0 Å². The van der Waals surface area contributed by atoms with Gasteiger partial charge in [0.1, 0.15) is 18.3 Å². The minimum Gasteiger partial charge on any atom is -0.494 e. The molecule has 0 radical (unpaired) electrons. The molecule has 0 bridgehead atoms. The molecule has 0 unspecified atom stereocenters. The summed E-state index contributed by atoms with van der Waals surface area (Å²) >= 11 is 12.5. The number of hydrogen-bond donors (Lipinski definition) is 1. The molecule has 0 aromatic heterocycles. The van der Waals surface area contributed by atoms with Gasteiger partial charge >= 0.3 is 0 Å². The van der Waals surface area contributed by atoms with Crippen molar-refractivity contribution >= 4 is 50.7 Å². The van der Waals surface area contributed by atoms with Crippen LogP contribution < -0.4 is 14.4 Å². The fourth-order valence-electron chi connectivity index (χ4n) is 4.01. The van der Waals surface area contributed by atoms with E-state index in [1.54, 1.807) is 67.6 Å². The molecule has 2 atom stereocenters. The Morgan fingerprint density at radius 1 is 0.951 bits per heavy atom. The number of halogens is 2. The fraction of sp³-hybridized carbons (Fsp3) is 0.333. The standard InChI is InChI=1S/C30H35Cl2N3O5S/c1-5-21(3)33-30(37)22(4)34(19-23-12-13-24(31)18-28(23)32)29(36)20-35(25-14-16-26(17-15-25)40-6-2)41(38,39)27-10-8-7-9-11-27/h7-18,21-22H,5-6,19-20H2,1-4H3,(H,33,37)/t21-,22+/m0/s1. The highest BCUT2D eigenvalue weighted by Crippen LogP contribution is 2.28. The van der Waals surface area contributed by atoms with E-state index in [4.69, 9.17) is 27.9 Å². The van der Waals surface area contributed by atoms with Crippen LogP contribution in [0.1, 0.15) is 39.7 Å². The Balaban J connectivity index is 2.04. The minimum absolute atomic E-state index is 0.0246. The zero-order chi connectivity index (χ0) is 30.2. The van der Waals surface area contributed by atoms with Crippen LogP contribution in [-0.2, 0) is 26.2 Å². The van der Waals surface area contributed by atoms with Crippen LogP contribution in [-0.4, -0.2) is 50.4 Å². The predicted molar refractivity (Wildman–Crippen MR) is 163 cm³/mol. The summed E-state index contributed by atoms with van der Waals surface area (Å²) in [5, 5.41) is 3.65. The maximum absolute atomic E-state index is 14.0. The van der Waals surface area contributed by atoms with Crippen molar-refractivity contribution in [2.75, 3.05) is 17.5 Å². The lowest BCUT2D eigenvalue weighted by molar-refractivity contribution is -0.139. The van der Waals surface area contributed by atoms with E-state index in [0.29, 0.717) is 34.4 Å². The highest BCUT2D eigenvalue weighted by atomic mass is 35.5. The second-order valence-corrected chi connectivity index (χ2v) is 12.2. The zero-order valence-electron chi connectivity index (χ0n) is 23.5. The second kappa shape index (κ2) is 14.6. The Kier molecular flexibility index (Phi) is 11.5. The summed E-state index contributed by atoms with van der Waals surface area (Å²) in [7, 11) is -4.16. The van der Waals surface area contributed by atoms with Crippen molar-refractivity contribution in [2.45, 2.75) is 57.6 Å². The van der Waals surface area contributed by atoms with Gasteiger partial charge in [0, 0.05) is 22.6 Å². The molecule has 0 fully saturated rings. The third-order valence-corrected chi connectivity index (χ3v) is 8.94. The van der Waals surface area contributed by atoms with Crippen molar-refractivity contribution in [1.82, 2.24) is 10.2 Å². The summed E-state index contributed by atoms with van der Waals surface area (Å²) in [5.41, 5.74) is 0.831. The molecule has 1 N–H and O–H groups in total. The molecule has 8 nitrogen and oxygen atoms in total. The number of ether oxygens (including phenoxy) is 1. The lowest BCUT2D eigenvalue weighted by atomic mass is 10.1. The molecule has 3 aromatic rings. The lowest BCUT2D eigenvalue weighted by Gasteiger charge is -2.32. The van der Waals surface area contributed by atoms with Gasteiger partial charge in [0.25, 0.3) is 10.0 Å². The van der Waals surface area contributed by atoms with Crippen molar-refractivity contribution in [3.05, 3.63) is 88.4 Å². The lowest BCUT2D eigenvalue weighted by Crippen LogP contribution is -2.52. The van der Waals surface area contributed by atoms with Gasteiger partial charge in [-0.15, -0.1) is 0 Å². The Morgan fingerprint density at radius 3 is 2.20 bits per heavy atom. The van der Waals surface area contributed by atoms with Gasteiger partial charge < -0.3 is 15.0 Å². The molecule has 220 valence electrons. The summed E-state index contributed by atoms with van der Waals surface area (Å²) in [5.74, 6) is -0.387. The van der Waals surface area contributed by atoms with E-state index in [2.05, 4.69) is 5.32 Å². The van der Waals surface area contributed by atoms with Crippen LogP contribution in [0.15, 0.2) is 77.7 Å². The number of benzene rings is 3. The maximum Gasteiger partial charge on any atom is 0.264 e. The van der Waals surface area contributed by atoms with E-state index in [0.717, 1.165) is 4.31 Å². The van der Waals surface area contributed by atoms with Crippen LogP contribution in [0.5, 0.6) is 5.75 Å². The first-order valence-electron chi connectivity index (χ1n) is 13.3. The molecule has 0 saturated heterocycles. The third kappa shape index (κ3) is 8.38. The average molecular weight is 621 g/mol. The van der Waals surface area contributed by atoms with Crippen LogP contribution in [0.2, 0.25) is 10.0 Å². The van der Waals surface area contributed by atoms with E-state index >= 15 is 0 Å². The Morgan fingerprint density at radius 2 is 1.61 bits per heavy atom. The largest absolute Gasteiger partial charge is 0.494 e. The Hall–Kier alpha value is -3.27. The molecule has 2 amide bonds. The minimum atomic E-state index is -4.16.